The largest absolute Gasteiger partial charge is 0.394 e. The van der Waals surface area contributed by atoms with E-state index < -0.39 is 35.5 Å². The highest BCUT2D eigenvalue weighted by atomic mass is 35.5. The summed E-state index contributed by atoms with van der Waals surface area (Å²) in [5.41, 5.74) is -0.212. The monoisotopic (exact) mass is 411 g/mol. The highest BCUT2D eigenvalue weighted by Crippen LogP contribution is 2.28. The number of aryl methyl sites for hydroxylation is 1. The number of fused-ring (bicyclic) bond motifs is 1. The van der Waals surface area contributed by atoms with Crippen LogP contribution < -0.4 is 0 Å². The molecule has 2 aromatic heterocycles. The fraction of sp³-hybridized carbons (Fsp3) is 0.294. The third-order valence-electron chi connectivity index (χ3n) is 4.32. The van der Waals surface area contributed by atoms with Crippen LogP contribution in [0, 0.1) is 6.92 Å². The summed E-state index contributed by atoms with van der Waals surface area (Å²) in [6.07, 6.45) is 2.78. The van der Waals surface area contributed by atoms with Gasteiger partial charge in [0.15, 0.2) is 0 Å². The molecule has 0 saturated heterocycles. The molecule has 0 saturated carbocycles. The van der Waals surface area contributed by atoms with Gasteiger partial charge in [0.1, 0.15) is 22.7 Å². The Bertz CT molecular complexity index is 1050. The normalized spacial score (nSPS) is 12.6. The van der Waals surface area contributed by atoms with E-state index in [0.717, 1.165) is 5.56 Å². The van der Waals surface area contributed by atoms with E-state index in [-0.39, 0.29) is 10.0 Å². The van der Waals surface area contributed by atoms with Gasteiger partial charge in [0, 0.05) is 6.20 Å². The molecule has 3 rings (SSSR count). The van der Waals surface area contributed by atoms with Crippen molar-refractivity contribution in [1.82, 2.24) is 14.5 Å². The summed E-state index contributed by atoms with van der Waals surface area (Å²) in [6, 6.07) is 7.79. The lowest BCUT2D eigenvalue weighted by molar-refractivity contribution is 0.0283. The van der Waals surface area contributed by atoms with E-state index in [9.17, 15) is 18.6 Å². The van der Waals surface area contributed by atoms with Crippen molar-refractivity contribution in [3.05, 3.63) is 53.6 Å². The third-order valence-corrected chi connectivity index (χ3v) is 5.90. The predicted octanol–water partition coefficient (Wildman–Crippen LogP) is 1.48. The van der Waals surface area contributed by atoms with Crippen LogP contribution in [0.4, 0.5) is 0 Å². The second-order valence-corrected chi connectivity index (χ2v) is 8.13. The molecule has 3 aromatic rings. The maximum Gasteiger partial charge on any atom is 0.297 e. The van der Waals surface area contributed by atoms with E-state index in [4.69, 9.17) is 15.8 Å². The number of aromatic nitrogens is 3. The van der Waals surface area contributed by atoms with E-state index >= 15 is 0 Å². The lowest BCUT2D eigenvalue weighted by Crippen LogP contribution is -2.46. The molecular weight excluding hydrogens is 394 g/mol. The first-order valence-corrected chi connectivity index (χ1v) is 9.77. The van der Waals surface area contributed by atoms with Crippen LogP contribution in [-0.4, -0.2) is 53.0 Å². The number of hydrogen-bond donors (Lipinski definition) is 2. The molecule has 0 aliphatic carbocycles. The van der Waals surface area contributed by atoms with Crippen LogP contribution >= 0.6 is 11.6 Å². The molecular formula is C17H18ClN3O5S. The molecule has 0 unspecified atom stereocenters. The third kappa shape index (κ3) is 3.69. The number of aliphatic hydroxyl groups is 2. The molecule has 1 aromatic carbocycles. The number of nitrogens with zero attached hydrogens (tertiary/aromatic N) is 3. The lowest BCUT2D eigenvalue weighted by Gasteiger charge is -2.31. The summed E-state index contributed by atoms with van der Waals surface area (Å²) in [4.78, 5) is 7.98. The van der Waals surface area contributed by atoms with Crippen LogP contribution in [0.5, 0.6) is 0 Å². The van der Waals surface area contributed by atoms with E-state index in [2.05, 4.69) is 9.97 Å². The van der Waals surface area contributed by atoms with Crippen molar-refractivity contribution in [3.8, 4) is 0 Å². The Kier molecular flexibility index (Phi) is 5.50. The topological polar surface area (TPSA) is 115 Å². The summed E-state index contributed by atoms with van der Waals surface area (Å²) in [5, 5.41) is 20.6. The molecule has 144 valence electrons. The number of benzene rings is 1. The Morgan fingerprint density at radius 1 is 1.15 bits per heavy atom. The average molecular weight is 412 g/mol. The zero-order valence-corrected chi connectivity index (χ0v) is 16.0. The molecule has 0 fully saturated rings. The molecule has 27 heavy (non-hydrogen) atoms. The minimum Gasteiger partial charge on any atom is -0.394 e. The molecule has 0 atom stereocenters. The highest BCUT2D eigenvalue weighted by molar-refractivity contribution is 7.86. The summed E-state index contributed by atoms with van der Waals surface area (Å²) in [5.74, 6) is 0. The Labute approximate surface area is 161 Å². The Hall–Kier alpha value is -2.04. The zero-order valence-electron chi connectivity index (χ0n) is 14.4. The van der Waals surface area contributed by atoms with Crippen molar-refractivity contribution in [2.45, 2.75) is 17.4 Å². The van der Waals surface area contributed by atoms with E-state index in [0.29, 0.717) is 11.0 Å². The molecule has 0 spiro atoms. The Balaban J connectivity index is 1.95. The van der Waals surface area contributed by atoms with Crippen molar-refractivity contribution in [2.75, 3.05) is 19.8 Å². The fourth-order valence-electron chi connectivity index (χ4n) is 2.63. The van der Waals surface area contributed by atoms with Crippen LogP contribution in [0.1, 0.15) is 5.56 Å². The van der Waals surface area contributed by atoms with Crippen LogP contribution in [-0.2, 0) is 19.8 Å². The van der Waals surface area contributed by atoms with Crippen molar-refractivity contribution in [2.24, 2.45) is 0 Å². The van der Waals surface area contributed by atoms with Crippen LogP contribution in [0.15, 0.2) is 47.8 Å². The molecule has 0 aliphatic rings. The smallest absolute Gasteiger partial charge is 0.297 e. The number of aliphatic hydroxyl groups excluding tert-OH is 2. The minimum atomic E-state index is -4.08. The first kappa shape index (κ1) is 19.7. The molecule has 0 amide bonds. The van der Waals surface area contributed by atoms with E-state index in [1.54, 1.807) is 24.4 Å². The Morgan fingerprint density at radius 2 is 1.81 bits per heavy atom. The van der Waals surface area contributed by atoms with Gasteiger partial charge in [-0.1, -0.05) is 29.3 Å². The summed E-state index contributed by atoms with van der Waals surface area (Å²) >= 11 is 6.03. The maximum absolute atomic E-state index is 12.5. The van der Waals surface area contributed by atoms with Crippen molar-refractivity contribution >= 4 is 32.8 Å². The molecule has 0 aliphatic heterocycles. The first-order valence-electron chi connectivity index (χ1n) is 7.99. The van der Waals surface area contributed by atoms with Gasteiger partial charge in [-0.25, -0.2) is 9.97 Å². The SMILES string of the molecule is Cc1ccc(S(=O)(=O)OCC(CO)(CO)n2ccc3c(Cl)ncnc32)cc1. The van der Waals surface area contributed by atoms with Gasteiger partial charge in [0.05, 0.1) is 30.1 Å². The summed E-state index contributed by atoms with van der Waals surface area (Å²) < 4.78 is 31.5. The van der Waals surface area contributed by atoms with Gasteiger partial charge in [-0.15, -0.1) is 0 Å². The molecule has 2 heterocycles. The van der Waals surface area contributed by atoms with Crippen LogP contribution in [0.25, 0.3) is 11.0 Å². The van der Waals surface area contributed by atoms with Crippen molar-refractivity contribution in [3.63, 3.8) is 0 Å². The van der Waals surface area contributed by atoms with Gasteiger partial charge in [-0.2, -0.15) is 8.42 Å². The lowest BCUT2D eigenvalue weighted by atomic mass is 10.0. The standard InChI is InChI=1S/C17H18ClN3O5S/c1-12-2-4-13(5-3-12)27(24,25)26-10-17(8-22,9-23)21-7-6-14-15(18)19-11-20-16(14)21/h2-7,11,22-23H,8-10H2,1H3. The van der Waals surface area contributed by atoms with Gasteiger partial charge < -0.3 is 14.8 Å². The second kappa shape index (κ2) is 7.53. The van der Waals surface area contributed by atoms with Crippen molar-refractivity contribution in [1.29, 1.82) is 0 Å². The van der Waals surface area contributed by atoms with Gasteiger partial charge in [-0.05, 0) is 25.1 Å². The predicted molar refractivity (Wildman–Crippen MR) is 99.0 cm³/mol. The van der Waals surface area contributed by atoms with Crippen LogP contribution in [0.3, 0.4) is 0 Å². The van der Waals surface area contributed by atoms with Crippen LogP contribution in [0.2, 0.25) is 5.15 Å². The van der Waals surface area contributed by atoms with Gasteiger partial charge >= 0.3 is 0 Å². The van der Waals surface area contributed by atoms with Gasteiger partial charge in [0.25, 0.3) is 10.1 Å². The first-order chi connectivity index (χ1) is 12.8. The van der Waals surface area contributed by atoms with Gasteiger partial charge in [-0.3, -0.25) is 4.18 Å². The highest BCUT2D eigenvalue weighted by Gasteiger charge is 2.35. The maximum atomic E-state index is 12.5. The quantitative estimate of drug-likeness (QED) is 0.447. The van der Waals surface area contributed by atoms with E-state index in [1.807, 2.05) is 6.92 Å². The summed E-state index contributed by atoms with van der Waals surface area (Å²) in [7, 11) is -4.08. The van der Waals surface area contributed by atoms with Crippen molar-refractivity contribution < 1.29 is 22.8 Å². The molecule has 2 N–H and O–H groups in total. The van der Waals surface area contributed by atoms with Gasteiger partial charge in [0.2, 0.25) is 0 Å². The number of rotatable bonds is 7. The average Bonchev–Trinajstić information content (AvgIpc) is 3.10. The Morgan fingerprint density at radius 3 is 2.44 bits per heavy atom. The molecule has 8 nitrogen and oxygen atoms in total. The molecule has 0 radical (unpaired) electrons. The number of halogens is 1. The number of hydrogen-bond acceptors (Lipinski definition) is 7. The fourth-order valence-corrected chi connectivity index (χ4v) is 3.80. The zero-order chi connectivity index (χ0) is 19.7. The van der Waals surface area contributed by atoms with E-state index in [1.165, 1.54) is 23.0 Å². The molecule has 10 heteroatoms. The second-order valence-electron chi connectivity index (χ2n) is 6.16. The summed E-state index contributed by atoms with van der Waals surface area (Å²) in [6.45, 7) is 0.169. The molecule has 0 bridgehead atoms. The minimum absolute atomic E-state index is 0.0133.